The predicted molar refractivity (Wildman–Crippen MR) is 77.3 cm³/mol. The van der Waals surface area contributed by atoms with Gasteiger partial charge in [0, 0.05) is 4.88 Å². The van der Waals surface area contributed by atoms with Crippen LogP contribution < -0.4 is 10.2 Å². The van der Waals surface area contributed by atoms with Gasteiger partial charge < -0.3 is 15.0 Å². The summed E-state index contributed by atoms with van der Waals surface area (Å²) in [5.41, 5.74) is 0.157. The summed E-state index contributed by atoms with van der Waals surface area (Å²) in [5.74, 6) is -0.298. The second-order valence-electron chi connectivity index (χ2n) is 4.55. The highest BCUT2D eigenvalue weighted by Crippen LogP contribution is 2.12. The van der Waals surface area contributed by atoms with Crippen LogP contribution in [0.4, 0.5) is 0 Å². The fraction of sp³-hybridized carbons (Fsp3) is 0.429. The topological polar surface area (TPSA) is 66.6 Å². The largest absolute Gasteiger partial charge is 0.370 e. The molecule has 0 aliphatic carbocycles. The minimum Gasteiger partial charge on any atom is -0.370 e. The van der Waals surface area contributed by atoms with E-state index in [1.807, 2.05) is 23.6 Å². The lowest BCUT2D eigenvalue weighted by Crippen LogP contribution is -3.14. The Hall–Kier alpha value is -1.68. The predicted octanol–water partition coefficient (Wildman–Crippen LogP) is -0.314. The molecule has 0 radical (unpaired) electrons. The molecule has 0 bridgehead atoms. The zero-order chi connectivity index (χ0) is 14.2. The van der Waals surface area contributed by atoms with Crippen LogP contribution in [0.15, 0.2) is 23.1 Å². The summed E-state index contributed by atoms with van der Waals surface area (Å²) < 4.78 is 5.28. The smallest absolute Gasteiger partial charge is 0.262 e. The van der Waals surface area contributed by atoms with Crippen LogP contribution in [0.25, 0.3) is 6.08 Å². The fourth-order valence-corrected chi connectivity index (χ4v) is 2.68. The van der Waals surface area contributed by atoms with Gasteiger partial charge >= 0.3 is 0 Å². The molecular formula is C14H18N3O2S+. The highest BCUT2D eigenvalue weighted by atomic mass is 32.1. The lowest BCUT2D eigenvalue weighted by atomic mass is 10.2. The molecule has 0 spiro atoms. The first-order valence-electron chi connectivity index (χ1n) is 6.64. The molecule has 6 heteroatoms. The van der Waals surface area contributed by atoms with Crippen LogP contribution in [-0.2, 0) is 9.53 Å². The monoisotopic (exact) mass is 292 g/mol. The number of quaternary nitrogens is 1. The molecule has 1 aliphatic heterocycles. The van der Waals surface area contributed by atoms with Crippen LogP contribution in [0.1, 0.15) is 4.88 Å². The minimum atomic E-state index is -0.298. The van der Waals surface area contributed by atoms with E-state index in [0.29, 0.717) is 6.54 Å². The van der Waals surface area contributed by atoms with Gasteiger partial charge in [0.25, 0.3) is 5.91 Å². The van der Waals surface area contributed by atoms with Crippen LogP contribution in [0.5, 0.6) is 0 Å². The highest BCUT2D eigenvalue weighted by molar-refractivity contribution is 7.10. The summed E-state index contributed by atoms with van der Waals surface area (Å²) in [6.45, 7) is 4.97. The van der Waals surface area contributed by atoms with Gasteiger partial charge in [0.1, 0.15) is 24.7 Å². The molecular weight excluding hydrogens is 274 g/mol. The van der Waals surface area contributed by atoms with E-state index in [0.717, 1.165) is 37.7 Å². The first-order chi connectivity index (χ1) is 9.79. The summed E-state index contributed by atoms with van der Waals surface area (Å²) in [5, 5.41) is 13.8. The molecule has 0 atom stereocenters. The number of carbonyl (C=O) groups excluding carboxylic acids is 1. The molecule has 2 N–H and O–H groups in total. The Balaban J connectivity index is 1.79. The minimum absolute atomic E-state index is 0.157. The maximum Gasteiger partial charge on any atom is 0.262 e. The maximum absolute atomic E-state index is 11.9. The molecule has 1 fully saturated rings. The number of nitriles is 1. The first kappa shape index (κ1) is 14.7. The lowest BCUT2D eigenvalue weighted by molar-refractivity contribution is -0.906. The van der Waals surface area contributed by atoms with Gasteiger partial charge in [-0.15, -0.1) is 11.3 Å². The molecule has 1 aromatic rings. The Morgan fingerprint density at radius 2 is 2.35 bits per heavy atom. The number of nitrogens with one attached hydrogen (secondary N) is 2. The summed E-state index contributed by atoms with van der Waals surface area (Å²) >= 11 is 1.51. The number of ether oxygens (including phenoxy) is 1. The SMILES string of the molecule is N#C/C(=C\c1cccs1)C(=O)NCC[NH+]1CCOCC1. The van der Waals surface area contributed by atoms with E-state index in [2.05, 4.69) is 5.32 Å². The van der Waals surface area contributed by atoms with Crippen LogP contribution in [0.2, 0.25) is 0 Å². The maximum atomic E-state index is 11.9. The normalized spacial score (nSPS) is 16.6. The highest BCUT2D eigenvalue weighted by Gasteiger charge is 2.14. The summed E-state index contributed by atoms with van der Waals surface area (Å²) in [6.07, 6.45) is 1.63. The van der Waals surface area contributed by atoms with Crippen molar-refractivity contribution in [3.63, 3.8) is 0 Å². The molecule has 1 saturated heterocycles. The average molecular weight is 292 g/mol. The van der Waals surface area contributed by atoms with Crippen molar-refractivity contribution in [2.75, 3.05) is 39.4 Å². The number of hydrogen-bond acceptors (Lipinski definition) is 4. The van der Waals surface area contributed by atoms with Crippen molar-refractivity contribution < 1.29 is 14.4 Å². The molecule has 1 aromatic heterocycles. The molecule has 20 heavy (non-hydrogen) atoms. The first-order valence-corrected chi connectivity index (χ1v) is 7.52. The molecule has 2 heterocycles. The van der Waals surface area contributed by atoms with Crippen molar-refractivity contribution in [1.82, 2.24) is 5.32 Å². The quantitative estimate of drug-likeness (QED) is 0.578. The molecule has 0 saturated carbocycles. The van der Waals surface area contributed by atoms with Crippen LogP contribution in [0.3, 0.4) is 0 Å². The Labute approximate surface area is 122 Å². The number of amides is 1. The standard InChI is InChI=1S/C14H17N3O2S/c15-11-12(10-13-2-1-9-20-13)14(18)16-3-4-17-5-7-19-8-6-17/h1-2,9-10H,3-8H2,(H,16,18)/p+1/b12-10+. The molecule has 1 amide bonds. The Bertz CT molecular complexity index is 499. The number of thiophene rings is 1. The number of morpholine rings is 1. The molecule has 0 aromatic carbocycles. The third-order valence-corrected chi connectivity index (χ3v) is 3.98. The van der Waals surface area contributed by atoms with Gasteiger partial charge in [-0.2, -0.15) is 5.26 Å². The fourth-order valence-electron chi connectivity index (χ4n) is 2.02. The van der Waals surface area contributed by atoms with E-state index in [1.165, 1.54) is 16.2 Å². The number of nitrogens with zero attached hydrogens (tertiary/aromatic N) is 1. The zero-order valence-electron chi connectivity index (χ0n) is 11.2. The summed E-state index contributed by atoms with van der Waals surface area (Å²) in [4.78, 5) is 14.3. The van der Waals surface area contributed by atoms with Crippen molar-refractivity contribution in [1.29, 1.82) is 5.26 Å². The summed E-state index contributed by atoms with van der Waals surface area (Å²) in [7, 11) is 0. The van der Waals surface area contributed by atoms with Crippen LogP contribution >= 0.6 is 11.3 Å². The van der Waals surface area contributed by atoms with Crippen molar-refractivity contribution >= 4 is 23.3 Å². The molecule has 0 unspecified atom stereocenters. The third kappa shape index (κ3) is 4.46. The van der Waals surface area contributed by atoms with Gasteiger partial charge in [-0.25, -0.2) is 0 Å². The van der Waals surface area contributed by atoms with Gasteiger partial charge in [-0.3, -0.25) is 4.79 Å². The van der Waals surface area contributed by atoms with Crippen molar-refractivity contribution in [3.05, 3.63) is 28.0 Å². The Kier molecular flexibility index (Phi) is 5.74. The van der Waals surface area contributed by atoms with Gasteiger partial charge in [-0.1, -0.05) is 6.07 Å². The van der Waals surface area contributed by atoms with Gasteiger partial charge in [0.15, 0.2) is 0 Å². The molecule has 2 rings (SSSR count). The molecule has 1 aliphatic rings. The van der Waals surface area contributed by atoms with E-state index in [-0.39, 0.29) is 11.5 Å². The van der Waals surface area contributed by atoms with Crippen molar-refractivity contribution in [3.8, 4) is 6.07 Å². The van der Waals surface area contributed by atoms with E-state index >= 15 is 0 Å². The van der Waals surface area contributed by atoms with E-state index < -0.39 is 0 Å². The van der Waals surface area contributed by atoms with Crippen molar-refractivity contribution in [2.24, 2.45) is 0 Å². The van der Waals surface area contributed by atoms with Gasteiger partial charge in [-0.05, 0) is 17.5 Å². The number of hydrogen-bond donors (Lipinski definition) is 2. The van der Waals surface area contributed by atoms with E-state index in [4.69, 9.17) is 10.00 Å². The van der Waals surface area contributed by atoms with Crippen molar-refractivity contribution in [2.45, 2.75) is 0 Å². The van der Waals surface area contributed by atoms with Crippen LogP contribution in [0, 0.1) is 11.3 Å². The summed E-state index contributed by atoms with van der Waals surface area (Å²) in [6, 6.07) is 5.73. The second kappa shape index (κ2) is 7.80. The zero-order valence-corrected chi connectivity index (χ0v) is 12.0. The Morgan fingerprint density at radius 1 is 1.55 bits per heavy atom. The molecule has 5 nitrogen and oxygen atoms in total. The van der Waals surface area contributed by atoms with Crippen LogP contribution in [-0.4, -0.2) is 45.3 Å². The lowest BCUT2D eigenvalue weighted by Gasteiger charge is -2.23. The van der Waals surface area contributed by atoms with Gasteiger partial charge in [0.2, 0.25) is 0 Å². The Morgan fingerprint density at radius 3 is 3.00 bits per heavy atom. The van der Waals surface area contributed by atoms with E-state index in [1.54, 1.807) is 6.08 Å². The molecule has 106 valence electrons. The number of rotatable bonds is 5. The number of carbonyl (C=O) groups is 1. The van der Waals surface area contributed by atoms with Gasteiger partial charge in [0.05, 0.1) is 26.3 Å². The average Bonchev–Trinajstić information content (AvgIpc) is 2.98. The van der Waals surface area contributed by atoms with E-state index in [9.17, 15) is 4.79 Å². The second-order valence-corrected chi connectivity index (χ2v) is 5.53. The third-order valence-electron chi connectivity index (χ3n) is 3.16.